The summed E-state index contributed by atoms with van der Waals surface area (Å²) >= 11 is 11.1. The number of aromatic nitrogens is 4. The molecule has 2 heterocycles. The zero-order valence-corrected chi connectivity index (χ0v) is 13.5. The van der Waals surface area contributed by atoms with Gasteiger partial charge in [-0.25, -0.2) is 14.6 Å². The van der Waals surface area contributed by atoms with Crippen LogP contribution in [0.4, 0.5) is 0 Å². The minimum Gasteiger partial charge on any atom is -0.237 e. The lowest BCUT2D eigenvalue weighted by Gasteiger charge is -2.04. The van der Waals surface area contributed by atoms with E-state index < -0.39 is 0 Å². The number of aryl methyl sites for hydroxylation is 3. The van der Waals surface area contributed by atoms with Crippen LogP contribution in [0.3, 0.4) is 0 Å². The number of benzene rings is 1. The van der Waals surface area contributed by atoms with Gasteiger partial charge in [0, 0.05) is 10.4 Å². The monoisotopic (exact) mass is 316 g/mol. The van der Waals surface area contributed by atoms with Crippen molar-refractivity contribution in [2.75, 3.05) is 0 Å². The first-order valence-electron chi connectivity index (χ1n) is 6.48. The molecular weight excluding hydrogens is 304 g/mol. The van der Waals surface area contributed by atoms with Gasteiger partial charge in [0.2, 0.25) is 4.77 Å². The van der Waals surface area contributed by atoms with E-state index in [2.05, 4.69) is 15.1 Å². The largest absolute Gasteiger partial charge is 0.237 e. The molecule has 0 fully saturated rings. The molecule has 106 valence electrons. The fraction of sp³-hybridized carbons (Fsp3) is 0.200. The highest BCUT2D eigenvalue weighted by atomic mass is 35.5. The second-order valence-electron chi connectivity index (χ2n) is 4.87. The Morgan fingerprint density at radius 2 is 1.62 bits per heavy atom. The second-order valence-corrected chi connectivity index (χ2v) is 5.68. The lowest BCUT2D eigenvalue weighted by Crippen LogP contribution is -1.98. The van der Waals surface area contributed by atoms with Crippen LogP contribution >= 0.6 is 23.8 Å². The van der Waals surface area contributed by atoms with E-state index in [0.717, 1.165) is 33.7 Å². The van der Waals surface area contributed by atoms with Crippen LogP contribution in [-0.2, 0) is 0 Å². The van der Waals surface area contributed by atoms with Gasteiger partial charge in [-0.15, -0.1) is 0 Å². The third-order valence-electron chi connectivity index (χ3n) is 3.42. The Morgan fingerprint density at radius 1 is 1.00 bits per heavy atom. The molecule has 0 aliphatic carbocycles. The first kappa shape index (κ1) is 14.1. The van der Waals surface area contributed by atoms with E-state index in [1.54, 1.807) is 0 Å². The smallest absolute Gasteiger partial charge is 0.219 e. The van der Waals surface area contributed by atoms with Crippen molar-refractivity contribution in [1.29, 1.82) is 0 Å². The molecule has 0 aliphatic rings. The zero-order chi connectivity index (χ0) is 15.1. The summed E-state index contributed by atoms with van der Waals surface area (Å²) in [5.74, 6) is 0. The standard InChI is InChI=1S/C15H13ClN4S/c1-8-13-10(3)20(12-6-4-11(16)5-7-12)19-14(13)9(2)18-15(21)17-8/h4-7H,1-3H3. The molecule has 0 saturated heterocycles. The van der Waals surface area contributed by atoms with E-state index in [1.807, 2.05) is 49.7 Å². The van der Waals surface area contributed by atoms with Gasteiger partial charge in [0.15, 0.2) is 0 Å². The van der Waals surface area contributed by atoms with Crippen LogP contribution in [0.15, 0.2) is 24.3 Å². The molecule has 1 aromatic carbocycles. The van der Waals surface area contributed by atoms with Crippen molar-refractivity contribution in [2.45, 2.75) is 20.8 Å². The Labute approximate surface area is 132 Å². The van der Waals surface area contributed by atoms with Crippen molar-refractivity contribution < 1.29 is 0 Å². The van der Waals surface area contributed by atoms with Crippen molar-refractivity contribution in [3.63, 3.8) is 0 Å². The Hall–Kier alpha value is -1.85. The molecule has 0 bridgehead atoms. The summed E-state index contributed by atoms with van der Waals surface area (Å²) in [7, 11) is 0. The average Bonchev–Trinajstić information content (AvgIpc) is 2.72. The molecule has 0 amide bonds. The third-order valence-corrected chi connectivity index (χ3v) is 3.85. The SMILES string of the molecule is Cc1nc(=S)nc(C)c2c(C)n(-c3ccc(Cl)cc3)nc12. The first-order valence-corrected chi connectivity index (χ1v) is 7.27. The predicted octanol–water partition coefficient (Wildman–Crippen LogP) is 4.12. The maximum atomic E-state index is 5.94. The quantitative estimate of drug-likeness (QED) is 0.633. The molecule has 0 spiro atoms. The van der Waals surface area contributed by atoms with Crippen molar-refractivity contribution in [3.8, 4) is 5.69 Å². The van der Waals surface area contributed by atoms with Crippen molar-refractivity contribution >= 4 is 34.7 Å². The van der Waals surface area contributed by atoms with Crippen LogP contribution in [0, 0.1) is 25.5 Å². The van der Waals surface area contributed by atoms with Crippen LogP contribution in [0.1, 0.15) is 17.1 Å². The molecule has 0 unspecified atom stereocenters. The molecule has 6 heteroatoms. The highest BCUT2D eigenvalue weighted by Crippen LogP contribution is 2.24. The highest BCUT2D eigenvalue weighted by Gasteiger charge is 2.13. The van der Waals surface area contributed by atoms with Crippen LogP contribution in [-0.4, -0.2) is 19.7 Å². The summed E-state index contributed by atoms with van der Waals surface area (Å²) in [5, 5.41) is 6.37. The van der Waals surface area contributed by atoms with Crippen LogP contribution in [0.2, 0.25) is 5.02 Å². The Kier molecular flexibility index (Phi) is 3.47. The molecule has 0 saturated carbocycles. The van der Waals surface area contributed by atoms with E-state index in [-0.39, 0.29) is 0 Å². The molecule has 0 radical (unpaired) electrons. The van der Waals surface area contributed by atoms with E-state index in [4.69, 9.17) is 23.8 Å². The Bertz CT molecular complexity index is 900. The maximum Gasteiger partial charge on any atom is 0.219 e. The van der Waals surface area contributed by atoms with Gasteiger partial charge in [-0.3, -0.25) is 0 Å². The minimum absolute atomic E-state index is 0.348. The predicted molar refractivity (Wildman–Crippen MR) is 86.7 cm³/mol. The minimum atomic E-state index is 0.348. The summed E-state index contributed by atoms with van der Waals surface area (Å²) in [6.07, 6.45) is 0. The summed E-state index contributed by atoms with van der Waals surface area (Å²) in [4.78, 5) is 8.63. The van der Waals surface area contributed by atoms with Crippen molar-refractivity contribution in [1.82, 2.24) is 19.7 Å². The van der Waals surface area contributed by atoms with Gasteiger partial charge in [0.05, 0.1) is 22.8 Å². The van der Waals surface area contributed by atoms with Gasteiger partial charge in [0.1, 0.15) is 5.52 Å². The summed E-state index contributed by atoms with van der Waals surface area (Å²) in [5.41, 5.74) is 4.41. The Morgan fingerprint density at radius 3 is 2.29 bits per heavy atom. The molecular formula is C15H13ClN4S. The maximum absolute atomic E-state index is 5.94. The highest BCUT2D eigenvalue weighted by molar-refractivity contribution is 7.71. The van der Waals surface area contributed by atoms with E-state index >= 15 is 0 Å². The first-order chi connectivity index (χ1) is 9.97. The fourth-order valence-corrected chi connectivity index (χ4v) is 2.84. The van der Waals surface area contributed by atoms with E-state index in [1.165, 1.54) is 0 Å². The number of nitrogens with zero attached hydrogens (tertiary/aromatic N) is 4. The fourth-order valence-electron chi connectivity index (χ4n) is 2.44. The summed E-state index contributed by atoms with van der Waals surface area (Å²) in [6, 6.07) is 7.57. The molecule has 2 aromatic heterocycles. The summed E-state index contributed by atoms with van der Waals surface area (Å²) < 4.78 is 2.23. The lowest BCUT2D eigenvalue weighted by atomic mass is 10.2. The molecule has 4 nitrogen and oxygen atoms in total. The number of hydrogen-bond donors (Lipinski definition) is 0. The van der Waals surface area contributed by atoms with Gasteiger partial charge in [0.25, 0.3) is 0 Å². The molecule has 3 aromatic rings. The zero-order valence-electron chi connectivity index (χ0n) is 11.9. The molecule has 21 heavy (non-hydrogen) atoms. The number of fused-ring (bicyclic) bond motifs is 1. The van der Waals surface area contributed by atoms with Gasteiger partial charge in [-0.05, 0) is 57.3 Å². The molecule has 3 rings (SSSR count). The van der Waals surface area contributed by atoms with Gasteiger partial charge >= 0.3 is 0 Å². The second kappa shape index (κ2) is 5.16. The lowest BCUT2D eigenvalue weighted by molar-refractivity contribution is 0.857. The van der Waals surface area contributed by atoms with E-state index in [0.29, 0.717) is 9.79 Å². The molecule has 0 aliphatic heterocycles. The van der Waals surface area contributed by atoms with Gasteiger partial charge in [-0.1, -0.05) is 11.6 Å². The van der Waals surface area contributed by atoms with Crippen LogP contribution in [0.5, 0.6) is 0 Å². The molecule has 0 atom stereocenters. The van der Waals surface area contributed by atoms with Gasteiger partial charge < -0.3 is 0 Å². The summed E-state index contributed by atoms with van der Waals surface area (Å²) in [6.45, 7) is 5.85. The third kappa shape index (κ3) is 2.43. The number of rotatable bonds is 1. The Balaban J connectivity index is 2.38. The topological polar surface area (TPSA) is 43.6 Å². The molecule has 0 N–H and O–H groups in total. The number of hydrogen-bond acceptors (Lipinski definition) is 4. The number of halogens is 1. The van der Waals surface area contributed by atoms with E-state index in [9.17, 15) is 0 Å². The van der Waals surface area contributed by atoms with Crippen molar-refractivity contribution in [2.24, 2.45) is 0 Å². The normalized spacial score (nSPS) is 11.0. The van der Waals surface area contributed by atoms with Crippen molar-refractivity contribution in [3.05, 3.63) is 51.1 Å². The van der Waals surface area contributed by atoms with Crippen LogP contribution < -0.4 is 0 Å². The van der Waals surface area contributed by atoms with Gasteiger partial charge in [-0.2, -0.15) is 5.10 Å². The van der Waals surface area contributed by atoms with Crippen LogP contribution in [0.25, 0.3) is 16.6 Å². The average molecular weight is 317 g/mol.